The predicted octanol–water partition coefficient (Wildman–Crippen LogP) is 1.39. The highest BCUT2D eigenvalue weighted by atomic mass is 35.5. The lowest BCUT2D eigenvalue weighted by molar-refractivity contribution is 0.323. The van der Waals surface area contributed by atoms with Gasteiger partial charge in [-0.3, -0.25) is 4.79 Å². The van der Waals surface area contributed by atoms with Gasteiger partial charge in [0.15, 0.2) is 0 Å². The van der Waals surface area contributed by atoms with Gasteiger partial charge in [0.2, 0.25) is 10.0 Å². The molecular formula is C13H13ClN2O4S. The summed E-state index contributed by atoms with van der Waals surface area (Å²) < 4.78 is 31.6. The van der Waals surface area contributed by atoms with Crippen molar-refractivity contribution >= 4 is 21.6 Å². The van der Waals surface area contributed by atoms with Gasteiger partial charge in [-0.25, -0.2) is 13.1 Å². The van der Waals surface area contributed by atoms with Crippen molar-refractivity contribution in [3.8, 4) is 5.75 Å². The van der Waals surface area contributed by atoms with Crippen molar-refractivity contribution in [2.75, 3.05) is 13.2 Å². The standard InChI is InChI=1S/C13H13ClN2O4S/c14-12-8-11(9-15-13(12)17)21(18,19)16-6-7-20-10-4-2-1-3-5-10/h1-5,8-9,16H,6-7H2,(H,15,17). The number of aromatic nitrogens is 1. The van der Waals surface area contributed by atoms with Crippen molar-refractivity contribution in [2.24, 2.45) is 0 Å². The number of hydrogen-bond donors (Lipinski definition) is 2. The van der Waals surface area contributed by atoms with Crippen LogP contribution in [0, 0.1) is 0 Å². The Labute approximate surface area is 126 Å². The molecule has 2 rings (SSSR count). The molecule has 1 aromatic carbocycles. The SMILES string of the molecule is O=c1[nH]cc(S(=O)(=O)NCCOc2ccccc2)cc1Cl. The van der Waals surface area contributed by atoms with Crippen LogP contribution >= 0.6 is 11.6 Å². The van der Waals surface area contributed by atoms with E-state index in [1.54, 1.807) is 12.1 Å². The van der Waals surface area contributed by atoms with Crippen LogP contribution in [0.4, 0.5) is 0 Å². The number of sulfonamides is 1. The van der Waals surface area contributed by atoms with E-state index >= 15 is 0 Å². The fourth-order valence-electron chi connectivity index (χ4n) is 1.54. The molecule has 0 saturated heterocycles. The first-order valence-electron chi connectivity index (χ1n) is 6.05. The van der Waals surface area contributed by atoms with Gasteiger partial charge in [-0.05, 0) is 18.2 Å². The summed E-state index contributed by atoms with van der Waals surface area (Å²) in [6.45, 7) is 0.272. The number of para-hydroxylation sites is 1. The van der Waals surface area contributed by atoms with Crippen LogP contribution in [0.5, 0.6) is 5.75 Å². The molecule has 0 amide bonds. The Morgan fingerprint density at radius 3 is 2.62 bits per heavy atom. The fraction of sp³-hybridized carbons (Fsp3) is 0.154. The van der Waals surface area contributed by atoms with Crippen molar-refractivity contribution < 1.29 is 13.2 Å². The number of aromatic amines is 1. The Kier molecular flexibility index (Phi) is 5.00. The lowest BCUT2D eigenvalue weighted by Crippen LogP contribution is -2.28. The molecule has 21 heavy (non-hydrogen) atoms. The topological polar surface area (TPSA) is 88.3 Å². The van der Waals surface area contributed by atoms with Gasteiger partial charge in [0.25, 0.3) is 5.56 Å². The number of rotatable bonds is 6. The minimum absolute atomic E-state index is 0.0912. The second-order valence-corrected chi connectivity index (χ2v) is 6.25. The van der Waals surface area contributed by atoms with E-state index in [-0.39, 0.29) is 23.1 Å². The number of pyridine rings is 1. The van der Waals surface area contributed by atoms with E-state index in [4.69, 9.17) is 16.3 Å². The summed E-state index contributed by atoms with van der Waals surface area (Å²) in [6.07, 6.45) is 1.09. The van der Waals surface area contributed by atoms with E-state index < -0.39 is 15.6 Å². The van der Waals surface area contributed by atoms with Crippen LogP contribution in [0.25, 0.3) is 0 Å². The van der Waals surface area contributed by atoms with Crippen molar-refractivity contribution in [1.82, 2.24) is 9.71 Å². The summed E-state index contributed by atoms with van der Waals surface area (Å²) in [5, 5.41) is -0.182. The van der Waals surface area contributed by atoms with E-state index in [1.165, 1.54) is 0 Å². The summed E-state index contributed by atoms with van der Waals surface area (Å²) in [5.74, 6) is 0.656. The van der Waals surface area contributed by atoms with Gasteiger partial charge < -0.3 is 9.72 Å². The van der Waals surface area contributed by atoms with Crippen LogP contribution in [-0.2, 0) is 10.0 Å². The lowest BCUT2D eigenvalue weighted by atomic mass is 10.3. The maximum Gasteiger partial charge on any atom is 0.266 e. The number of hydrogen-bond acceptors (Lipinski definition) is 4. The molecule has 2 aromatic rings. The summed E-state index contributed by atoms with van der Waals surface area (Å²) in [7, 11) is -3.74. The molecule has 0 aliphatic heterocycles. The molecule has 0 radical (unpaired) electrons. The first kappa shape index (κ1) is 15.6. The Morgan fingerprint density at radius 1 is 1.24 bits per heavy atom. The van der Waals surface area contributed by atoms with Crippen LogP contribution in [0.15, 0.2) is 52.3 Å². The van der Waals surface area contributed by atoms with E-state index in [0.717, 1.165) is 12.3 Å². The zero-order valence-electron chi connectivity index (χ0n) is 10.9. The maximum absolute atomic E-state index is 12.0. The number of nitrogens with one attached hydrogen (secondary N) is 2. The highest BCUT2D eigenvalue weighted by molar-refractivity contribution is 7.89. The summed E-state index contributed by atoms with van der Waals surface area (Å²) in [4.78, 5) is 13.2. The van der Waals surface area contributed by atoms with Gasteiger partial charge in [-0.15, -0.1) is 0 Å². The molecule has 8 heteroatoms. The highest BCUT2D eigenvalue weighted by Crippen LogP contribution is 2.10. The van der Waals surface area contributed by atoms with Crippen molar-refractivity contribution in [3.63, 3.8) is 0 Å². The van der Waals surface area contributed by atoms with Crippen LogP contribution in [0.2, 0.25) is 5.02 Å². The second kappa shape index (κ2) is 6.75. The minimum Gasteiger partial charge on any atom is -0.492 e. The molecule has 1 aromatic heterocycles. The molecule has 0 bridgehead atoms. The van der Waals surface area contributed by atoms with Crippen molar-refractivity contribution in [1.29, 1.82) is 0 Å². The van der Waals surface area contributed by atoms with E-state index in [2.05, 4.69) is 9.71 Å². The van der Waals surface area contributed by atoms with Gasteiger partial charge in [0.05, 0.1) is 4.90 Å². The zero-order valence-corrected chi connectivity index (χ0v) is 12.4. The van der Waals surface area contributed by atoms with Crippen molar-refractivity contribution in [3.05, 3.63) is 58.0 Å². The molecule has 0 atom stereocenters. The lowest BCUT2D eigenvalue weighted by Gasteiger charge is -2.08. The number of halogens is 1. The number of H-pyrrole nitrogens is 1. The molecule has 0 saturated carbocycles. The Balaban J connectivity index is 1.92. The second-order valence-electron chi connectivity index (χ2n) is 4.07. The molecule has 0 aliphatic carbocycles. The average molecular weight is 329 g/mol. The Bertz CT molecular complexity index is 759. The average Bonchev–Trinajstić information content (AvgIpc) is 2.47. The molecular weight excluding hydrogens is 316 g/mol. The third kappa shape index (κ3) is 4.32. The zero-order chi connectivity index (χ0) is 15.3. The number of benzene rings is 1. The van der Waals surface area contributed by atoms with Crippen LogP contribution < -0.4 is 15.0 Å². The first-order chi connectivity index (χ1) is 9.99. The van der Waals surface area contributed by atoms with Crippen LogP contribution in [0.3, 0.4) is 0 Å². The molecule has 1 heterocycles. The highest BCUT2D eigenvalue weighted by Gasteiger charge is 2.15. The molecule has 0 fully saturated rings. The predicted molar refractivity (Wildman–Crippen MR) is 79.2 cm³/mol. The summed E-state index contributed by atoms with van der Waals surface area (Å²) in [5.41, 5.74) is -0.539. The van der Waals surface area contributed by atoms with E-state index in [1.807, 2.05) is 18.2 Å². The molecule has 0 aliphatic rings. The third-order valence-corrected chi connectivity index (χ3v) is 4.27. The summed E-state index contributed by atoms with van der Waals surface area (Å²) >= 11 is 5.60. The smallest absolute Gasteiger partial charge is 0.266 e. The minimum atomic E-state index is -3.74. The van der Waals surface area contributed by atoms with Gasteiger partial charge >= 0.3 is 0 Å². The van der Waals surface area contributed by atoms with Crippen molar-refractivity contribution in [2.45, 2.75) is 4.90 Å². The van der Waals surface area contributed by atoms with Crippen LogP contribution in [-0.4, -0.2) is 26.6 Å². The van der Waals surface area contributed by atoms with Gasteiger partial charge in [-0.2, -0.15) is 0 Å². The normalized spacial score (nSPS) is 11.3. The van der Waals surface area contributed by atoms with Gasteiger partial charge in [-0.1, -0.05) is 29.8 Å². The quantitative estimate of drug-likeness (QED) is 0.784. The Hall–Kier alpha value is -1.83. The van der Waals surface area contributed by atoms with Gasteiger partial charge in [0.1, 0.15) is 17.4 Å². The molecule has 2 N–H and O–H groups in total. The Morgan fingerprint density at radius 2 is 1.95 bits per heavy atom. The van der Waals surface area contributed by atoms with E-state index in [9.17, 15) is 13.2 Å². The third-order valence-electron chi connectivity index (χ3n) is 2.55. The largest absolute Gasteiger partial charge is 0.492 e. The fourth-order valence-corrected chi connectivity index (χ4v) is 2.78. The first-order valence-corrected chi connectivity index (χ1v) is 7.91. The van der Waals surface area contributed by atoms with E-state index in [0.29, 0.717) is 5.75 Å². The monoisotopic (exact) mass is 328 g/mol. The summed E-state index contributed by atoms with van der Waals surface area (Å²) in [6, 6.07) is 10.1. The molecule has 112 valence electrons. The number of ether oxygens (including phenoxy) is 1. The van der Waals surface area contributed by atoms with Crippen LogP contribution in [0.1, 0.15) is 0 Å². The molecule has 0 spiro atoms. The molecule has 0 unspecified atom stereocenters. The maximum atomic E-state index is 12.0. The molecule has 6 nitrogen and oxygen atoms in total. The van der Waals surface area contributed by atoms with Gasteiger partial charge in [0, 0.05) is 12.7 Å².